The van der Waals surface area contributed by atoms with Crippen LogP contribution in [-0.4, -0.2) is 33.6 Å². The number of carbonyl (C=O) groups excluding carboxylic acids is 1. The van der Waals surface area contributed by atoms with Crippen LogP contribution in [0, 0.1) is 0 Å². The molecule has 0 bridgehead atoms. The lowest BCUT2D eigenvalue weighted by Crippen LogP contribution is -2.37. The molecule has 1 aromatic heterocycles. The third kappa shape index (κ3) is 2.83. The first-order valence-electron chi connectivity index (χ1n) is 6.15. The van der Waals surface area contributed by atoms with Gasteiger partial charge in [-0.25, -0.2) is 4.79 Å². The zero-order valence-corrected chi connectivity index (χ0v) is 11.2. The number of fused-ring (bicyclic) bond motifs is 1. The Morgan fingerprint density at radius 1 is 1.33 bits per heavy atom. The van der Waals surface area contributed by atoms with Crippen molar-refractivity contribution in [1.29, 1.82) is 0 Å². The van der Waals surface area contributed by atoms with Crippen LogP contribution in [0.3, 0.4) is 0 Å². The van der Waals surface area contributed by atoms with Gasteiger partial charge >= 0.3 is 17.1 Å². The molecule has 3 N–H and O–H groups in total. The standard InChI is InChI=1S/C13H13N3O5/c1-14-10(17)4-5-16-9-6-7(13(20)21)2-3-8(9)15-11(18)12(16)19/h2-3,6H,4-5H2,1H3,(H,14,17)(H,15,18)(H,20,21). The zero-order chi connectivity index (χ0) is 15.6. The lowest BCUT2D eigenvalue weighted by Gasteiger charge is -2.09. The van der Waals surface area contributed by atoms with Crippen LogP contribution in [0.25, 0.3) is 11.0 Å². The number of aryl methyl sites for hydroxylation is 1. The van der Waals surface area contributed by atoms with E-state index >= 15 is 0 Å². The number of carbonyl (C=O) groups is 2. The molecular weight excluding hydrogens is 278 g/mol. The van der Waals surface area contributed by atoms with Crippen LogP contribution in [0.2, 0.25) is 0 Å². The number of aromatic amines is 1. The summed E-state index contributed by atoms with van der Waals surface area (Å²) in [6, 6.07) is 4.03. The molecule has 1 aromatic carbocycles. The van der Waals surface area contributed by atoms with Crippen LogP contribution in [0.5, 0.6) is 0 Å². The monoisotopic (exact) mass is 291 g/mol. The van der Waals surface area contributed by atoms with Crippen LogP contribution in [-0.2, 0) is 11.3 Å². The van der Waals surface area contributed by atoms with E-state index in [4.69, 9.17) is 5.11 Å². The van der Waals surface area contributed by atoms with E-state index < -0.39 is 17.1 Å². The Bertz CT molecular complexity index is 834. The van der Waals surface area contributed by atoms with E-state index in [0.717, 1.165) is 4.57 Å². The van der Waals surface area contributed by atoms with E-state index in [1.54, 1.807) is 0 Å². The molecule has 21 heavy (non-hydrogen) atoms. The first kappa shape index (κ1) is 14.5. The van der Waals surface area contributed by atoms with E-state index in [2.05, 4.69) is 10.3 Å². The second kappa shape index (κ2) is 5.61. The molecule has 0 radical (unpaired) electrons. The normalized spacial score (nSPS) is 10.5. The van der Waals surface area contributed by atoms with Crippen molar-refractivity contribution in [3.63, 3.8) is 0 Å². The van der Waals surface area contributed by atoms with Crippen LogP contribution >= 0.6 is 0 Å². The molecule has 8 heteroatoms. The molecule has 110 valence electrons. The molecular formula is C13H13N3O5. The van der Waals surface area contributed by atoms with Gasteiger partial charge in [-0.2, -0.15) is 0 Å². The van der Waals surface area contributed by atoms with Crippen LogP contribution < -0.4 is 16.4 Å². The minimum Gasteiger partial charge on any atom is -0.478 e. The van der Waals surface area contributed by atoms with Gasteiger partial charge < -0.3 is 20.0 Å². The van der Waals surface area contributed by atoms with Gasteiger partial charge in [0.25, 0.3) is 0 Å². The van der Waals surface area contributed by atoms with Crippen LogP contribution in [0.1, 0.15) is 16.8 Å². The Morgan fingerprint density at radius 2 is 2.05 bits per heavy atom. The van der Waals surface area contributed by atoms with Crippen molar-refractivity contribution in [1.82, 2.24) is 14.9 Å². The fraction of sp³-hybridized carbons (Fsp3) is 0.231. The molecule has 0 aliphatic rings. The zero-order valence-electron chi connectivity index (χ0n) is 11.2. The van der Waals surface area contributed by atoms with Gasteiger partial charge in [-0.05, 0) is 18.2 Å². The van der Waals surface area contributed by atoms with E-state index in [-0.39, 0.29) is 30.0 Å². The maximum absolute atomic E-state index is 11.9. The second-order valence-corrected chi connectivity index (χ2v) is 4.37. The second-order valence-electron chi connectivity index (χ2n) is 4.37. The van der Waals surface area contributed by atoms with E-state index in [9.17, 15) is 19.2 Å². The average Bonchev–Trinajstić information content (AvgIpc) is 2.46. The average molecular weight is 291 g/mol. The number of hydrogen-bond acceptors (Lipinski definition) is 4. The fourth-order valence-electron chi connectivity index (χ4n) is 1.96. The highest BCUT2D eigenvalue weighted by molar-refractivity contribution is 5.92. The van der Waals surface area contributed by atoms with Gasteiger partial charge in [-0.3, -0.25) is 14.4 Å². The van der Waals surface area contributed by atoms with E-state index in [1.807, 2.05) is 0 Å². The molecule has 1 heterocycles. The molecule has 2 rings (SSSR count). The lowest BCUT2D eigenvalue weighted by atomic mass is 10.2. The van der Waals surface area contributed by atoms with Crippen molar-refractivity contribution >= 4 is 22.9 Å². The Balaban J connectivity index is 2.63. The van der Waals surface area contributed by atoms with E-state index in [1.165, 1.54) is 25.2 Å². The van der Waals surface area contributed by atoms with Crippen LogP contribution in [0.4, 0.5) is 0 Å². The molecule has 2 aromatic rings. The molecule has 0 unspecified atom stereocenters. The number of hydrogen-bond donors (Lipinski definition) is 3. The molecule has 1 amide bonds. The summed E-state index contributed by atoms with van der Waals surface area (Å²) in [5.41, 5.74) is -1.05. The van der Waals surface area contributed by atoms with Gasteiger partial charge in [0.1, 0.15) is 0 Å². The van der Waals surface area contributed by atoms with Gasteiger partial charge in [0, 0.05) is 20.0 Å². The Kier molecular flexibility index (Phi) is 3.88. The largest absolute Gasteiger partial charge is 0.478 e. The van der Waals surface area contributed by atoms with Gasteiger partial charge in [-0.1, -0.05) is 0 Å². The maximum atomic E-state index is 11.9. The van der Waals surface area contributed by atoms with Crippen molar-refractivity contribution in [2.75, 3.05) is 7.05 Å². The third-order valence-corrected chi connectivity index (χ3v) is 3.06. The predicted molar refractivity (Wildman–Crippen MR) is 74.5 cm³/mol. The highest BCUT2D eigenvalue weighted by Gasteiger charge is 2.11. The number of carboxylic acid groups (broad SMARTS) is 1. The number of H-pyrrole nitrogens is 1. The third-order valence-electron chi connectivity index (χ3n) is 3.06. The first-order valence-corrected chi connectivity index (χ1v) is 6.15. The predicted octanol–water partition coefficient (Wildman–Crippen LogP) is -0.476. The molecule has 0 aliphatic heterocycles. The molecule has 0 aliphatic carbocycles. The van der Waals surface area contributed by atoms with Gasteiger partial charge in [0.15, 0.2) is 0 Å². The smallest absolute Gasteiger partial charge is 0.335 e. The number of nitrogens with one attached hydrogen (secondary N) is 2. The molecule has 0 saturated carbocycles. The Hall–Kier alpha value is -2.90. The minimum absolute atomic E-state index is 0.00621. The molecule has 0 saturated heterocycles. The highest BCUT2D eigenvalue weighted by Crippen LogP contribution is 2.12. The Labute approximate surface area is 118 Å². The summed E-state index contributed by atoms with van der Waals surface area (Å²) in [6.07, 6.45) is 0.00621. The summed E-state index contributed by atoms with van der Waals surface area (Å²) < 4.78 is 1.11. The molecule has 0 fully saturated rings. The van der Waals surface area contributed by atoms with Crippen molar-refractivity contribution in [2.24, 2.45) is 0 Å². The topological polar surface area (TPSA) is 121 Å². The summed E-state index contributed by atoms with van der Waals surface area (Å²) in [5, 5.41) is 11.4. The first-order chi connectivity index (χ1) is 9.93. The number of benzene rings is 1. The number of rotatable bonds is 4. The number of carboxylic acids is 1. The summed E-state index contributed by atoms with van der Waals surface area (Å²) in [7, 11) is 1.46. The summed E-state index contributed by atoms with van der Waals surface area (Å²) in [6.45, 7) is -0.0119. The highest BCUT2D eigenvalue weighted by atomic mass is 16.4. The van der Waals surface area contributed by atoms with Gasteiger partial charge in [0.2, 0.25) is 5.91 Å². The maximum Gasteiger partial charge on any atom is 0.335 e. The van der Waals surface area contributed by atoms with Crippen LogP contribution in [0.15, 0.2) is 27.8 Å². The minimum atomic E-state index is -1.14. The Morgan fingerprint density at radius 3 is 2.67 bits per heavy atom. The van der Waals surface area contributed by atoms with E-state index in [0.29, 0.717) is 5.52 Å². The van der Waals surface area contributed by atoms with Crippen molar-refractivity contribution in [3.8, 4) is 0 Å². The SMILES string of the molecule is CNC(=O)CCn1c(=O)c(=O)[nH]c2ccc(C(=O)O)cc21. The van der Waals surface area contributed by atoms with Crippen molar-refractivity contribution in [3.05, 3.63) is 44.5 Å². The summed E-state index contributed by atoms with van der Waals surface area (Å²) in [4.78, 5) is 48.2. The number of aromatic nitrogens is 2. The fourth-order valence-corrected chi connectivity index (χ4v) is 1.96. The number of nitrogens with zero attached hydrogens (tertiary/aromatic N) is 1. The lowest BCUT2D eigenvalue weighted by molar-refractivity contribution is -0.120. The summed E-state index contributed by atoms with van der Waals surface area (Å²) in [5.74, 6) is -1.43. The molecule has 0 spiro atoms. The quantitative estimate of drug-likeness (QED) is 0.657. The summed E-state index contributed by atoms with van der Waals surface area (Å²) >= 11 is 0. The van der Waals surface area contributed by atoms with Gasteiger partial charge in [0.05, 0.1) is 16.6 Å². The van der Waals surface area contributed by atoms with Crippen molar-refractivity contribution in [2.45, 2.75) is 13.0 Å². The molecule has 0 atom stereocenters. The number of amides is 1. The number of aromatic carboxylic acids is 1. The molecule has 8 nitrogen and oxygen atoms in total. The van der Waals surface area contributed by atoms with Gasteiger partial charge in [-0.15, -0.1) is 0 Å². The van der Waals surface area contributed by atoms with Crippen molar-refractivity contribution < 1.29 is 14.7 Å².